The minimum absolute atomic E-state index is 0.0313. The van der Waals surface area contributed by atoms with Crippen LogP contribution in [-0.4, -0.2) is 35.5 Å². The summed E-state index contributed by atoms with van der Waals surface area (Å²) in [5.41, 5.74) is 2.70. The molecule has 0 fully saturated rings. The predicted octanol–water partition coefficient (Wildman–Crippen LogP) is 7.71. The summed E-state index contributed by atoms with van der Waals surface area (Å²) in [5, 5.41) is 0. The molecule has 0 bridgehead atoms. The molecular formula is C30H33NO4S3. The monoisotopic (exact) mass is 567 g/mol. The largest absolute Gasteiger partial charge is 0.494 e. The van der Waals surface area contributed by atoms with Gasteiger partial charge in [0.05, 0.1) is 33.5 Å². The van der Waals surface area contributed by atoms with Gasteiger partial charge in [-0.05, 0) is 57.4 Å². The van der Waals surface area contributed by atoms with Gasteiger partial charge in [0.25, 0.3) is 0 Å². The van der Waals surface area contributed by atoms with Crippen molar-refractivity contribution in [3.05, 3.63) is 68.8 Å². The molecule has 0 saturated carbocycles. The summed E-state index contributed by atoms with van der Waals surface area (Å²) in [6.07, 6.45) is 0.417. The molecule has 1 amide bonds. The quantitative estimate of drug-likeness (QED) is 0.193. The Morgan fingerprint density at radius 1 is 1.03 bits per heavy atom. The number of ether oxygens (including phenoxy) is 2. The number of carbonyl (C=O) groups is 2. The summed E-state index contributed by atoms with van der Waals surface area (Å²) >= 11 is 9.07. The molecule has 8 heteroatoms. The molecule has 0 saturated heterocycles. The summed E-state index contributed by atoms with van der Waals surface area (Å²) in [7, 11) is 0. The first-order chi connectivity index (χ1) is 18.1. The van der Waals surface area contributed by atoms with Crippen molar-refractivity contribution >= 4 is 68.6 Å². The van der Waals surface area contributed by atoms with Crippen molar-refractivity contribution in [1.82, 2.24) is 0 Å². The van der Waals surface area contributed by atoms with E-state index < -0.39 is 5.54 Å². The highest BCUT2D eigenvalue weighted by molar-refractivity contribution is 8.32. The lowest BCUT2D eigenvalue weighted by Gasteiger charge is -2.45. The Hall–Kier alpha value is -2.55. The Kier molecular flexibility index (Phi) is 8.75. The van der Waals surface area contributed by atoms with E-state index in [9.17, 15) is 9.59 Å². The summed E-state index contributed by atoms with van der Waals surface area (Å²) in [6, 6.07) is 15.7. The second kappa shape index (κ2) is 11.7. The smallest absolute Gasteiger partial charge is 0.346 e. The zero-order chi connectivity index (χ0) is 27.6. The third kappa shape index (κ3) is 5.44. The molecule has 0 N–H and O–H groups in total. The van der Waals surface area contributed by atoms with Gasteiger partial charge in [-0.15, -0.1) is 0 Å². The highest BCUT2D eigenvalue weighted by Gasteiger charge is 2.45. The summed E-state index contributed by atoms with van der Waals surface area (Å²) in [6.45, 7) is 12.6. The van der Waals surface area contributed by atoms with E-state index in [-0.39, 0.29) is 17.8 Å². The molecule has 0 atom stereocenters. The van der Waals surface area contributed by atoms with E-state index in [2.05, 4.69) is 0 Å². The molecule has 200 valence electrons. The molecular weight excluding hydrogens is 535 g/mol. The van der Waals surface area contributed by atoms with Crippen LogP contribution in [0.1, 0.15) is 59.1 Å². The molecule has 0 unspecified atom stereocenters. The first-order valence-electron chi connectivity index (χ1n) is 12.8. The van der Waals surface area contributed by atoms with Gasteiger partial charge < -0.3 is 14.4 Å². The molecule has 0 spiro atoms. The minimum Gasteiger partial charge on any atom is -0.494 e. The average molecular weight is 568 g/mol. The summed E-state index contributed by atoms with van der Waals surface area (Å²) in [4.78, 5) is 30.5. The van der Waals surface area contributed by atoms with Crippen molar-refractivity contribution < 1.29 is 19.1 Å². The standard InChI is InChI=1S/C30H33NO4S3/c1-7-34-20-14-15-22-21(17-20)24(27(36)30(5,6)31(22)23(32)16-18(3)4)29-37-25(19-12-10-9-11-13-19)26(38-29)28(33)35-8-2/h9-15,17-18H,7-8,16H2,1-6H3/b29-24-. The number of fused-ring (bicyclic) bond motifs is 1. The average Bonchev–Trinajstić information content (AvgIpc) is 3.30. The Balaban J connectivity index is 1.92. The van der Waals surface area contributed by atoms with Crippen molar-refractivity contribution in [3.63, 3.8) is 0 Å². The number of thiocarbonyl (C=S) groups is 1. The fraction of sp³-hybridized carbons (Fsp3) is 0.367. The number of thioether (sulfide) groups is 2. The van der Waals surface area contributed by atoms with Gasteiger partial charge in [0.1, 0.15) is 10.7 Å². The van der Waals surface area contributed by atoms with Crippen LogP contribution < -0.4 is 9.64 Å². The van der Waals surface area contributed by atoms with Crippen LogP contribution in [0.25, 0.3) is 10.5 Å². The van der Waals surface area contributed by atoms with Gasteiger partial charge in [0, 0.05) is 22.5 Å². The predicted molar refractivity (Wildman–Crippen MR) is 163 cm³/mol. The molecule has 2 aliphatic heterocycles. The molecule has 4 rings (SSSR count). The van der Waals surface area contributed by atoms with Gasteiger partial charge in [-0.25, -0.2) is 4.79 Å². The van der Waals surface area contributed by atoms with Gasteiger partial charge in [0.15, 0.2) is 0 Å². The van der Waals surface area contributed by atoms with Crippen LogP contribution in [0, 0.1) is 5.92 Å². The molecule has 2 aromatic carbocycles. The highest BCUT2D eigenvalue weighted by Crippen LogP contribution is 2.59. The van der Waals surface area contributed by atoms with Crippen LogP contribution in [0.4, 0.5) is 5.69 Å². The molecule has 2 aromatic rings. The van der Waals surface area contributed by atoms with Crippen LogP contribution in [0.5, 0.6) is 5.75 Å². The molecule has 5 nitrogen and oxygen atoms in total. The van der Waals surface area contributed by atoms with E-state index in [4.69, 9.17) is 21.7 Å². The minimum atomic E-state index is -0.746. The van der Waals surface area contributed by atoms with E-state index in [0.29, 0.717) is 35.2 Å². The van der Waals surface area contributed by atoms with Gasteiger partial charge in [-0.3, -0.25) is 4.79 Å². The van der Waals surface area contributed by atoms with E-state index in [1.165, 1.54) is 23.5 Å². The Bertz CT molecular complexity index is 1330. The van der Waals surface area contributed by atoms with E-state index in [1.807, 2.05) is 88.0 Å². The zero-order valence-electron chi connectivity index (χ0n) is 22.6. The van der Waals surface area contributed by atoms with E-state index in [0.717, 1.165) is 31.5 Å². The zero-order valence-corrected chi connectivity index (χ0v) is 25.1. The molecule has 2 heterocycles. The fourth-order valence-electron chi connectivity index (χ4n) is 4.60. The molecule has 0 radical (unpaired) electrons. The van der Waals surface area contributed by atoms with Crippen LogP contribution in [0.15, 0.2) is 57.7 Å². The van der Waals surface area contributed by atoms with Gasteiger partial charge >= 0.3 is 5.97 Å². The van der Waals surface area contributed by atoms with Crippen molar-refractivity contribution in [2.24, 2.45) is 5.92 Å². The summed E-state index contributed by atoms with van der Waals surface area (Å²) < 4.78 is 12.2. The number of benzene rings is 2. The Morgan fingerprint density at radius 3 is 2.37 bits per heavy atom. The van der Waals surface area contributed by atoms with Crippen molar-refractivity contribution in [2.45, 2.75) is 53.5 Å². The number of hydrogen-bond donors (Lipinski definition) is 0. The fourth-order valence-corrected chi connectivity index (χ4v) is 7.73. The molecule has 0 aromatic heterocycles. The number of hydrogen-bond acceptors (Lipinski definition) is 7. The maximum absolute atomic E-state index is 13.6. The van der Waals surface area contributed by atoms with Crippen molar-refractivity contribution in [1.29, 1.82) is 0 Å². The van der Waals surface area contributed by atoms with Crippen molar-refractivity contribution in [2.75, 3.05) is 18.1 Å². The second-order valence-electron chi connectivity index (χ2n) is 9.94. The molecule has 2 aliphatic rings. The van der Waals surface area contributed by atoms with Crippen molar-refractivity contribution in [3.8, 4) is 5.75 Å². The van der Waals surface area contributed by atoms with Crippen LogP contribution in [-0.2, 0) is 14.3 Å². The van der Waals surface area contributed by atoms with E-state index >= 15 is 0 Å². The number of esters is 1. The van der Waals surface area contributed by atoms with Gasteiger partial charge in [0.2, 0.25) is 5.91 Å². The topological polar surface area (TPSA) is 55.8 Å². The number of amides is 1. The number of anilines is 1. The summed E-state index contributed by atoms with van der Waals surface area (Å²) in [5.74, 6) is 0.600. The Labute approximate surface area is 239 Å². The lowest BCUT2D eigenvalue weighted by molar-refractivity contribution is -0.137. The van der Waals surface area contributed by atoms with Gasteiger partial charge in [-0.1, -0.05) is 79.9 Å². The first-order valence-corrected chi connectivity index (χ1v) is 14.9. The maximum atomic E-state index is 13.6. The number of nitrogens with zero attached hydrogens (tertiary/aromatic N) is 1. The molecule has 38 heavy (non-hydrogen) atoms. The lowest BCUT2D eigenvalue weighted by atomic mass is 9.82. The maximum Gasteiger partial charge on any atom is 0.346 e. The highest BCUT2D eigenvalue weighted by atomic mass is 32.2. The van der Waals surface area contributed by atoms with Crippen LogP contribution >= 0.6 is 35.7 Å². The first kappa shape index (κ1) is 28.5. The third-order valence-corrected chi connectivity index (χ3v) is 9.59. The van der Waals surface area contributed by atoms with Crippen LogP contribution in [0.2, 0.25) is 0 Å². The molecule has 0 aliphatic carbocycles. The van der Waals surface area contributed by atoms with Crippen LogP contribution in [0.3, 0.4) is 0 Å². The number of rotatable bonds is 7. The van der Waals surface area contributed by atoms with E-state index in [1.54, 1.807) is 6.92 Å². The third-order valence-electron chi connectivity index (χ3n) is 6.26. The second-order valence-corrected chi connectivity index (χ2v) is 12.6. The Morgan fingerprint density at radius 2 is 1.74 bits per heavy atom. The number of carbonyl (C=O) groups excluding carboxylic acids is 2. The lowest BCUT2D eigenvalue weighted by Crippen LogP contribution is -2.56. The van der Waals surface area contributed by atoms with Gasteiger partial charge in [-0.2, -0.15) is 0 Å². The normalized spacial score (nSPS) is 18.6. The SMILES string of the molecule is CCOC(=O)C1=C(c2ccccc2)S/C(=C2/C(=S)C(C)(C)N(C(=O)CC(C)C)c3ccc(OCC)cc32)S1.